The molecule has 44 heavy (non-hydrogen) atoms. The second-order valence-electron chi connectivity index (χ2n) is 13.4. The number of nitrogens with one attached hydrogen (secondary N) is 1. The fourth-order valence-corrected chi connectivity index (χ4v) is 10.0. The Hall–Kier alpha value is -2.33. The van der Waals surface area contributed by atoms with Crippen molar-refractivity contribution >= 4 is 33.2 Å². The summed E-state index contributed by atoms with van der Waals surface area (Å²) < 4.78 is 41.7. The number of hydrogen-bond acceptors (Lipinski definition) is 7. The number of hydrogen-bond donors (Lipinski definition) is 2. The Bertz CT molecular complexity index is 1490. The van der Waals surface area contributed by atoms with E-state index in [0.717, 1.165) is 55.8 Å². The number of carbonyl (C=O) groups is 1. The zero-order valence-corrected chi connectivity index (χ0v) is 27.4. The SMILES string of the molecule is CC[C@@H]1CCCC[C@@](CO)(OC)[C@@H]2CC[C@H]2CN2C[C@@]3(CCCc4cc(Cl)ccc43)COc3ccc(cc32)C(=O)NS1(=O)=O. The Balaban J connectivity index is 1.44. The van der Waals surface area contributed by atoms with Crippen molar-refractivity contribution in [2.24, 2.45) is 11.8 Å². The van der Waals surface area contributed by atoms with Gasteiger partial charge in [0.2, 0.25) is 10.0 Å². The van der Waals surface area contributed by atoms with Gasteiger partial charge in [-0.05, 0) is 105 Å². The molecular weight excluding hydrogens is 600 g/mol. The van der Waals surface area contributed by atoms with Gasteiger partial charge in [0.05, 0.1) is 29.8 Å². The van der Waals surface area contributed by atoms with Crippen LogP contribution in [0.1, 0.15) is 86.2 Å². The van der Waals surface area contributed by atoms with Crippen molar-refractivity contribution in [2.45, 2.75) is 87.4 Å². The number of aryl methyl sites for hydroxylation is 1. The normalized spacial score (nSPS) is 32.0. The van der Waals surface area contributed by atoms with Gasteiger partial charge in [-0.25, -0.2) is 13.1 Å². The Labute approximate surface area is 266 Å². The average molecular weight is 645 g/mol. The average Bonchev–Trinajstić information content (AvgIpc) is 3.14. The van der Waals surface area contributed by atoms with E-state index in [2.05, 4.69) is 21.8 Å². The van der Waals surface area contributed by atoms with Crippen LogP contribution < -0.4 is 14.4 Å². The molecule has 0 unspecified atom stereocenters. The van der Waals surface area contributed by atoms with Crippen LogP contribution >= 0.6 is 11.6 Å². The first-order valence-electron chi connectivity index (χ1n) is 16.2. The van der Waals surface area contributed by atoms with Gasteiger partial charge in [-0.1, -0.05) is 37.4 Å². The summed E-state index contributed by atoms with van der Waals surface area (Å²) >= 11 is 6.42. The zero-order chi connectivity index (χ0) is 31.1. The second kappa shape index (κ2) is 12.5. The summed E-state index contributed by atoms with van der Waals surface area (Å²) in [5.74, 6) is 0.525. The summed E-state index contributed by atoms with van der Waals surface area (Å²) in [7, 11) is -2.19. The molecule has 0 aromatic heterocycles. The molecule has 0 radical (unpaired) electrons. The van der Waals surface area contributed by atoms with Crippen LogP contribution in [0.5, 0.6) is 5.75 Å². The van der Waals surface area contributed by atoms with Gasteiger partial charge in [0, 0.05) is 36.2 Å². The number of nitrogens with zero attached hydrogens (tertiary/aromatic N) is 1. The third-order valence-electron chi connectivity index (χ3n) is 11.0. The Morgan fingerprint density at radius 2 is 1.95 bits per heavy atom. The molecule has 2 N–H and O–H groups in total. The summed E-state index contributed by atoms with van der Waals surface area (Å²) in [6, 6.07) is 11.4. The van der Waals surface area contributed by atoms with Crippen LogP contribution in [0.2, 0.25) is 5.02 Å². The van der Waals surface area contributed by atoms with Gasteiger partial charge >= 0.3 is 0 Å². The van der Waals surface area contributed by atoms with E-state index in [1.807, 2.05) is 13.0 Å². The molecule has 1 amide bonds. The van der Waals surface area contributed by atoms with Gasteiger partial charge in [0.25, 0.3) is 5.91 Å². The minimum atomic E-state index is -3.88. The summed E-state index contributed by atoms with van der Waals surface area (Å²) in [6.45, 7) is 3.67. The predicted molar refractivity (Wildman–Crippen MR) is 172 cm³/mol. The first-order chi connectivity index (χ1) is 21.1. The highest BCUT2D eigenvalue weighted by atomic mass is 35.5. The second-order valence-corrected chi connectivity index (χ2v) is 15.8. The fraction of sp³-hybridized carbons (Fsp3) is 0.618. The van der Waals surface area contributed by atoms with Crippen LogP contribution in [0, 0.1) is 11.8 Å². The number of amides is 1. The number of ether oxygens (including phenoxy) is 2. The molecule has 2 aliphatic carbocycles. The number of halogens is 1. The summed E-state index contributed by atoms with van der Waals surface area (Å²) in [6.07, 6.45) is 7.87. The van der Waals surface area contributed by atoms with Crippen LogP contribution in [0.3, 0.4) is 0 Å². The number of methoxy groups -OCH3 is 1. The largest absolute Gasteiger partial charge is 0.490 e. The number of fused-ring (bicyclic) bond motifs is 4. The third-order valence-corrected chi connectivity index (χ3v) is 13.2. The van der Waals surface area contributed by atoms with Crippen molar-refractivity contribution < 1.29 is 27.8 Å². The molecule has 2 bridgehead atoms. The van der Waals surface area contributed by atoms with Gasteiger partial charge in [-0.3, -0.25) is 4.79 Å². The van der Waals surface area contributed by atoms with Crippen LogP contribution in [0.4, 0.5) is 5.69 Å². The van der Waals surface area contributed by atoms with E-state index in [1.54, 1.807) is 25.3 Å². The van der Waals surface area contributed by atoms with Gasteiger partial charge in [0.1, 0.15) is 5.75 Å². The highest BCUT2D eigenvalue weighted by molar-refractivity contribution is 7.90. The molecule has 2 heterocycles. The lowest BCUT2D eigenvalue weighted by Gasteiger charge is -2.51. The van der Waals surface area contributed by atoms with Crippen LogP contribution in [-0.4, -0.2) is 63.7 Å². The molecular formula is C34H45ClN2O6S. The van der Waals surface area contributed by atoms with Crippen molar-refractivity contribution in [3.05, 3.63) is 58.1 Å². The third kappa shape index (κ3) is 5.74. The fourth-order valence-electron chi connectivity index (χ4n) is 8.36. The monoisotopic (exact) mass is 644 g/mol. The lowest BCUT2D eigenvalue weighted by atomic mass is 9.63. The molecule has 5 atom stereocenters. The van der Waals surface area contributed by atoms with E-state index in [-0.39, 0.29) is 23.9 Å². The van der Waals surface area contributed by atoms with Crippen molar-refractivity contribution in [3.63, 3.8) is 0 Å². The van der Waals surface area contributed by atoms with E-state index in [1.165, 1.54) is 11.1 Å². The maximum atomic E-state index is 13.4. The van der Waals surface area contributed by atoms with Crippen LogP contribution in [0.25, 0.3) is 0 Å². The molecule has 6 rings (SSSR count). The van der Waals surface area contributed by atoms with E-state index >= 15 is 0 Å². The summed E-state index contributed by atoms with van der Waals surface area (Å²) in [4.78, 5) is 15.8. The van der Waals surface area contributed by atoms with Gasteiger partial charge < -0.3 is 19.5 Å². The number of benzene rings is 2. The summed E-state index contributed by atoms with van der Waals surface area (Å²) in [5, 5.41) is 10.8. The molecule has 1 saturated carbocycles. The first-order valence-corrected chi connectivity index (χ1v) is 18.1. The molecule has 0 saturated heterocycles. The maximum absolute atomic E-state index is 13.4. The Morgan fingerprint density at radius 3 is 2.68 bits per heavy atom. The molecule has 4 aliphatic rings. The topological polar surface area (TPSA) is 105 Å². The maximum Gasteiger partial charge on any atom is 0.264 e. The molecule has 10 heteroatoms. The number of carbonyl (C=O) groups excluding carboxylic acids is 1. The molecule has 8 nitrogen and oxygen atoms in total. The van der Waals surface area contributed by atoms with Gasteiger partial charge in [-0.15, -0.1) is 0 Å². The molecule has 1 fully saturated rings. The molecule has 240 valence electrons. The van der Waals surface area contributed by atoms with Crippen LogP contribution in [-0.2, 0) is 26.6 Å². The first kappa shape index (κ1) is 31.6. The minimum absolute atomic E-state index is 0.0713. The Kier molecular flexibility index (Phi) is 8.96. The number of sulfonamides is 1. The number of aliphatic hydroxyl groups is 1. The quantitative estimate of drug-likeness (QED) is 0.446. The molecule has 2 aliphatic heterocycles. The lowest BCUT2D eigenvalue weighted by Crippen LogP contribution is -2.55. The lowest BCUT2D eigenvalue weighted by molar-refractivity contribution is -0.141. The molecule has 2 aromatic carbocycles. The molecule has 2 aromatic rings. The smallest absolute Gasteiger partial charge is 0.264 e. The Morgan fingerprint density at radius 1 is 1.11 bits per heavy atom. The van der Waals surface area contributed by atoms with Crippen molar-refractivity contribution in [1.82, 2.24) is 4.72 Å². The predicted octanol–water partition coefficient (Wildman–Crippen LogP) is 5.63. The number of anilines is 1. The minimum Gasteiger partial charge on any atom is -0.490 e. The highest BCUT2D eigenvalue weighted by Crippen LogP contribution is 2.49. The number of aliphatic hydroxyl groups excluding tert-OH is 1. The highest BCUT2D eigenvalue weighted by Gasteiger charge is 2.49. The van der Waals surface area contributed by atoms with Crippen molar-refractivity contribution in [1.29, 1.82) is 0 Å². The van der Waals surface area contributed by atoms with Crippen molar-refractivity contribution in [2.75, 3.05) is 38.3 Å². The van der Waals surface area contributed by atoms with Gasteiger partial charge in [-0.2, -0.15) is 0 Å². The van der Waals surface area contributed by atoms with Crippen LogP contribution in [0.15, 0.2) is 36.4 Å². The molecule has 1 spiro atoms. The van der Waals surface area contributed by atoms with Crippen molar-refractivity contribution in [3.8, 4) is 5.75 Å². The van der Waals surface area contributed by atoms with E-state index in [0.29, 0.717) is 50.1 Å². The standard InChI is InChI=1S/C34H45ClN2O6S/c1-3-27-8-4-5-16-34(21-38,42-2)29-12-9-25(29)19-37-20-33(15-6-7-23-17-26(35)11-13-28(23)33)22-43-31-14-10-24(18-30(31)37)32(39)36-44(27,40)41/h10-11,13-14,17-18,25,27,29,38H,3-9,12,15-16,19-22H2,1-2H3,(H,36,39)/t25-,27+,29+,33-,34-/m0/s1. The zero-order valence-electron chi connectivity index (χ0n) is 25.8. The van der Waals surface area contributed by atoms with E-state index in [4.69, 9.17) is 21.1 Å². The van der Waals surface area contributed by atoms with Gasteiger partial charge in [0.15, 0.2) is 0 Å². The van der Waals surface area contributed by atoms with E-state index < -0.39 is 26.8 Å². The van der Waals surface area contributed by atoms with E-state index in [9.17, 15) is 18.3 Å². The summed E-state index contributed by atoms with van der Waals surface area (Å²) in [5.41, 5.74) is 2.66. The number of rotatable bonds is 3.